The SMILES string of the molecule is O=C(c1ccc(NC(=O)N2CCC(c3ccncn3)CC2)cc1)C1CCC1. The van der Waals surface area contributed by atoms with Crippen molar-refractivity contribution >= 4 is 17.5 Å². The molecule has 0 bridgehead atoms. The van der Waals surface area contributed by atoms with Crippen molar-refractivity contribution < 1.29 is 9.59 Å². The van der Waals surface area contributed by atoms with E-state index in [1.807, 2.05) is 35.2 Å². The third-order valence-electron chi connectivity index (χ3n) is 5.70. The van der Waals surface area contributed by atoms with Crippen LogP contribution in [0.3, 0.4) is 0 Å². The molecule has 140 valence electrons. The van der Waals surface area contributed by atoms with Gasteiger partial charge in [-0.05, 0) is 56.0 Å². The number of Topliss-reactive ketones (excluding diaryl/α,β-unsaturated/α-hetero) is 1. The first-order valence-corrected chi connectivity index (χ1v) is 9.67. The van der Waals surface area contributed by atoms with Crippen molar-refractivity contribution in [3.05, 3.63) is 54.1 Å². The van der Waals surface area contributed by atoms with Gasteiger partial charge in [0.05, 0.1) is 0 Å². The Balaban J connectivity index is 1.30. The van der Waals surface area contributed by atoms with Crippen LogP contribution in [-0.4, -0.2) is 39.8 Å². The molecule has 2 heterocycles. The quantitative estimate of drug-likeness (QED) is 0.836. The van der Waals surface area contributed by atoms with Gasteiger partial charge in [-0.3, -0.25) is 4.79 Å². The molecule has 4 rings (SSSR count). The number of nitrogens with one attached hydrogen (secondary N) is 1. The zero-order valence-corrected chi connectivity index (χ0v) is 15.3. The van der Waals surface area contributed by atoms with Crippen LogP contribution in [0, 0.1) is 5.92 Å². The summed E-state index contributed by atoms with van der Waals surface area (Å²) in [7, 11) is 0. The fourth-order valence-electron chi connectivity index (χ4n) is 3.75. The molecule has 2 aromatic rings. The van der Waals surface area contributed by atoms with Gasteiger partial charge >= 0.3 is 6.03 Å². The zero-order chi connectivity index (χ0) is 18.6. The van der Waals surface area contributed by atoms with Crippen molar-refractivity contribution in [2.24, 2.45) is 5.92 Å². The van der Waals surface area contributed by atoms with E-state index in [1.165, 1.54) is 0 Å². The molecule has 0 unspecified atom stereocenters. The van der Waals surface area contributed by atoms with E-state index in [1.54, 1.807) is 12.5 Å². The fourth-order valence-corrected chi connectivity index (χ4v) is 3.75. The van der Waals surface area contributed by atoms with Crippen molar-refractivity contribution in [1.82, 2.24) is 14.9 Å². The highest BCUT2D eigenvalue weighted by Crippen LogP contribution is 2.30. The van der Waals surface area contributed by atoms with Gasteiger partial charge in [0.25, 0.3) is 0 Å². The first kappa shape index (κ1) is 17.6. The third kappa shape index (κ3) is 3.99. The molecule has 2 aliphatic rings. The van der Waals surface area contributed by atoms with Gasteiger partial charge in [-0.2, -0.15) is 0 Å². The smallest absolute Gasteiger partial charge is 0.321 e. The molecule has 2 amide bonds. The minimum Gasteiger partial charge on any atom is -0.324 e. The number of benzene rings is 1. The molecule has 1 aromatic carbocycles. The van der Waals surface area contributed by atoms with E-state index in [9.17, 15) is 9.59 Å². The number of ketones is 1. The molecule has 2 fully saturated rings. The predicted molar refractivity (Wildman–Crippen MR) is 103 cm³/mol. The molecule has 1 saturated carbocycles. The minimum absolute atomic E-state index is 0.0887. The second kappa shape index (κ2) is 7.86. The number of aromatic nitrogens is 2. The van der Waals surface area contributed by atoms with Gasteiger partial charge in [-0.1, -0.05) is 6.42 Å². The van der Waals surface area contributed by atoms with E-state index in [4.69, 9.17) is 0 Å². The molecule has 0 atom stereocenters. The van der Waals surface area contributed by atoms with Gasteiger partial charge < -0.3 is 10.2 Å². The maximum Gasteiger partial charge on any atom is 0.321 e. The summed E-state index contributed by atoms with van der Waals surface area (Å²) in [4.78, 5) is 34.9. The number of rotatable bonds is 4. The van der Waals surface area contributed by atoms with Crippen LogP contribution in [0.15, 0.2) is 42.9 Å². The van der Waals surface area contributed by atoms with Gasteiger partial charge in [0, 0.05) is 48.1 Å². The summed E-state index contributed by atoms with van der Waals surface area (Å²) in [5.41, 5.74) is 2.52. The number of anilines is 1. The molecule has 6 nitrogen and oxygen atoms in total. The fraction of sp³-hybridized carbons (Fsp3) is 0.429. The Morgan fingerprint density at radius 3 is 2.33 bits per heavy atom. The Bertz CT molecular complexity index is 795. The van der Waals surface area contributed by atoms with Gasteiger partial charge in [-0.25, -0.2) is 14.8 Å². The third-order valence-corrected chi connectivity index (χ3v) is 5.70. The maximum absolute atomic E-state index is 12.5. The average molecular weight is 364 g/mol. The Labute approximate surface area is 159 Å². The van der Waals surface area contributed by atoms with Crippen LogP contribution in [0.5, 0.6) is 0 Å². The van der Waals surface area contributed by atoms with Crippen LogP contribution in [0.4, 0.5) is 10.5 Å². The number of carbonyl (C=O) groups excluding carboxylic acids is 2. The Kier molecular flexibility index (Phi) is 5.14. The van der Waals surface area contributed by atoms with E-state index in [-0.39, 0.29) is 17.7 Å². The summed E-state index contributed by atoms with van der Waals surface area (Å²) < 4.78 is 0. The molecule has 1 aromatic heterocycles. The molecule has 0 spiro atoms. The maximum atomic E-state index is 12.5. The number of carbonyl (C=O) groups is 2. The number of hydrogen-bond acceptors (Lipinski definition) is 4. The molecule has 0 radical (unpaired) electrons. The van der Waals surface area contributed by atoms with Gasteiger partial charge in [-0.15, -0.1) is 0 Å². The lowest BCUT2D eigenvalue weighted by atomic mass is 9.80. The van der Waals surface area contributed by atoms with E-state index in [2.05, 4.69) is 15.3 Å². The monoisotopic (exact) mass is 364 g/mol. The molecular weight excluding hydrogens is 340 g/mol. The van der Waals surface area contributed by atoms with Crippen LogP contribution in [0.1, 0.15) is 54.1 Å². The Morgan fingerprint density at radius 2 is 1.74 bits per heavy atom. The molecule has 27 heavy (non-hydrogen) atoms. The summed E-state index contributed by atoms with van der Waals surface area (Å²) in [6.45, 7) is 1.41. The van der Waals surface area contributed by atoms with Gasteiger partial charge in [0.15, 0.2) is 5.78 Å². The van der Waals surface area contributed by atoms with Crippen LogP contribution >= 0.6 is 0 Å². The second-order valence-electron chi connectivity index (χ2n) is 7.40. The lowest BCUT2D eigenvalue weighted by molar-refractivity contribution is 0.0855. The topological polar surface area (TPSA) is 75.2 Å². The van der Waals surface area contributed by atoms with E-state index in [0.29, 0.717) is 19.0 Å². The normalized spacial score (nSPS) is 18.0. The number of amides is 2. The van der Waals surface area contributed by atoms with Crippen LogP contribution in [0.2, 0.25) is 0 Å². The van der Waals surface area contributed by atoms with Crippen LogP contribution < -0.4 is 5.32 Å². The molecule has 1 saturated heterocycles. The van der Waals surface area contributed by atoms with Crippen molar-refractivity contribution in [2.45, 2.75) is 38.0 Å². The zero-order valence-electron chi connectivity index (χ0n) is 15.3. The number of urea groups is 1. The standard InChI is InChI=1S/C21H24N4O2/c26-20(16-2-1-3-16)17-4-6-18(7-5-17)24-21(27)25-12-9-15(10-13-25)19-8-11-22-14-23-19/h4-8,11,14-16H,1-3,9-10,12-13H2,(H,24,27). The second-order valence-corrected chi connectivity index (χ2v) is 7.40. The minimum atomic E-state index is -0.0887. The van der Waals surface area contributed by atoms with E-state index < -0.39 is 0 Å². The highest BCUT2D eigenvalue weighted by molar-refractivity contribution is 5.99. The first-order chi connectivity index (χ1) is 13.2. The molecule has 1 aliphatic heterocycles. The van der Waals surface area contributed by atoms with Crippen molar-refractivity contribution in [2.75, 3.05) is 18.4 Å². The lowest BCUT2D eigenvalue weighted by Gasteiger charge is -2.31. The molecule has 6 heteroatoms. The highest BCUT2D eigenvalue weighted by atomic mass is 16.2. The van der Waals surface area contributed by atoms with E-state index in [0.717, 1.165) is 49.0 Å². The number of likely N-dealkylation sites (tertiary alicyclic amines) is 1. The number of hydrogen-bond donors (Lipinski definition) is 1. The van der Waals surface area contributed by atoms with Gasteiger partial charge in [0.2, 0.25) is 0 Å². The predicted octanol–water partition coefficient (Wildman–Crippen LogP) is 3.87. The molecule has 1 aliphatic carbocycles. The van der Waals surface area contributed by atoms with Crippen LogP contribution in [0.25, 0.3) is 0 Å². The summed E-state index contributed by atoms with van der Waals surface area (Å²) >= 11 is 0. The first-order valence-electron chi connectivity index (χ1n) is 9.67. The molecule has 1 N–H and O–H groups in total. The number of nitrogens with zero attached hydrogens (tertiary/aromatic N) is 3. The largest absolute Gasteiger partial charge is 0.324 e. The average Bonchev–Trinajstić information content (AvgIpc) is 2.68. The lowest BCUT2D eigenvalue weighted by Crippen LogP contribution is -2.40. The summed E-state index contributed by atoms with van der Waals surface area (Å²) in [5.74, 6) is 0.807. The summed E-state index contributed by atoms with van der Waals surface area (Å²) in [5, 5.41) is 2.94. The van der Waals surface area contributed by atoms with Crippen molar-refractivity contribution in [3.63, 3.8) is 0 Å². The van der Waals surface area contributed by atoms with E-state index >= 15 is 0 Å². The van der Waals surface area contributed by atoms with Gasteiger partial charge in [0.1, 0.15) is 6.33 Å². The summed E-state index contributed by atoms with van der Waals surface area (Å²) in [6.07, 6.45) is 8.30. The van der Waals surface area contributed by atoms with Crippen molar-refractivity contribution in [3.8, 4) is 0 Å². The van der Waals surface area contributed by atoms with Crippen molar-refractivity contribution in [1.29, 1.82) is 0 Å². The van der Waals surface area contributed by atoms with Crippen LogP contribution in [-0.2, 0) is 0 Å². The Hall–Kier alpha value is -2.76. The Morgan fingerprint density at radius 1 is 1.00 bits per heavy atom. The summed E-state index contributed by atoms with van der Waals surface area (Å²) in [6, 6.07) is 9.13. The highest BCUT2D eigenvalue weighted by Gasteiger charge is 2.26. The number of piperidine rings is 1. The molecular formula is C21H24N4O2.